The van der Waals surface area contributed by atoms with Gasteiger partial charge in [0.2, 0.25) is 0 Å². The molecule has 124 valence electrons. The van der Waals surface area contributed by atoms with Crippen LogP contribution in [0.5, 0.6) is 0 Å². The monoisotopic (exact) mass is 296 g/mol. The summed E-state index contributed by atoms with van der Waals surface area (Å²) in [6.45, 7) is 11.4. The van der Waals surface area contributed by atoms with Crippen LogP contribution < -0.4 is 5.32 Å². The van der Waals surface area contributed by atoms with Crippen LogP contribution in [0.1, 0.15) is 65.2 Å². The predicted octanol–water partition coefficient (Wildman–Crippen LogP) is 3.44. The fourth-order valence-corrected chi connectivity index (χ4v) is 4.23. The number of rotatable bonds is 8. The summed E-state index contributed by atoms with van der Waals surface area (Å²) in [5.74, 6) is 0. The van der Waals surface area contributed by atoms with Crippen molar-refractivity contribution in [3.8, 4) is 0 Å². The molecule has 1 aliphatic carbocycles. The Bertz CT molecular complexity index is 274. The Kier molecular flexibility index (Phi) is 7.48. The summed E-state index contributed by atoms with van der Waals surface area (Å²) in [5.41, 5.74) is 0.529. The topological polar surface area (TPSA) is 24.5 Å². The average molecular weight is 296 g/mol. The maximum atomic E-state index is 5.88. The highest BCUT2D eigenvalue weighted by Gasteiger charge is 2.34. The van der Waals surface area contributed by atoms with Crippen LogP contribution in [0, 0.1) is 5.41 Å². The lowest BCUT2D eigenvalue weighted by atomic mass is 9.73. The van der Waals surface area contributed by atoms with E-state index >= 15 is 0 Å². The molecule has 0 aromatic carbocycles. The molecule has 1 saturated carbocycles. The van der Waals surface area contributed by atoms with Crippen LogP contribution in [0.4, 0.5) is 0 Å². The van der Waals surface area contributed by atoms with E-state index in [1.54, 1.807) is 0 Å². The molecule has 1 heterocycles. The van der Waals surface area contributed by atoms with Crippen molar-refractivity contribution >= 4 is 0 Å². The van der Waals surface area contributed by atoms with E-state index in [2.05, 4.69) is 24.1 Å². The summed E-state index contributed by atoms with van der Waals surface area (Å²) in [6, 6.07) is 0. The molecule has 2 aliphatic rings. The summed E-state index contributed by atoms with van der Waals surface area (Å²) in [6.07, 6.45) is 11.4. The summed E-state index contributed by atoms with van der Waals surface area (Å²) in [4.78, 5) is 2.70. The Morgan fingerprint density at radius 1 is 1.14 bits per heavy atom. The maximum absolute atomic E-state index is 5.88. The lowest BCUT2D eigenvalue weighted by Gasteiger charge is -2.43. The summed E-state index contributed by atoms with van der Waals surface area (Å²) in [5, 5.41) is 3.71. The molecule has 0 aromatic heterocycles. The second-order valence-electron chi connectivity index (χ2n) is 7.19. The van der Waals surface area contributed by atoms with Gasteiger partial charge in [-0.1, -0.05) is 26.2 Å². The van der Waals surface area contributed by atoms with E-state index < -0.39 is 0 Å². The predicted molar refractivity (Wildman–Crippen MR) is 89.8 cm³/mol. The van der Waals surface area contributed by atoms with Gasteiger partial charge in [-0.3, -0.25) is 0 Å². The number of likely N-dealkylation sites (tertiary alicyclic amines) is 1. The van der Waals surface area contributed by atoms with Crippen LogP contribution >= 0.6 is 0 Å². The van der Waals surface area contributed by atoms with Gasteiger partial charge in [0.05, 0.1) is 6.10 Å². The van der Waals surface area contributed by atoms with Crippen molar-refractivity contribution in [2.45, 2.75) is 71.3 Å². The fourth-order valence-electron chi connectivity index (χ4n) is 4.23. The summed E-state index contributed by atoms with van der Waals surface area (Å²) < 4.78 is 5.88. The molecule has 0 spiro atoms. The van der Waals surface area contributed by atoms with Gasteiger partial charge < -0.3 is 15.0 Å². The SMILES string of the molecule is CCCNCC1(CN2CCCC(OCC)C2)CCCCC1. The van der Waals surface area contributed by atoms with Crippen molar-refractivity contribution in [2.24, 2.45) is 5.41 Å². The first-order valence-electron chi connectivity index (χ1n) is 9.33. The lowest BCUT2D eigenvalue weighted by molar-refractivity contribution is -0.0118. The number of piperidine rings is 1. The zero-order chi connectivity index (χ0) is 15.0. The zero-order valence-corrected chi connectivity index (χ0v) is 14.3. The van der Waals surface area contributed by atoms with Crippen molar-refractivity contribution in [1.82, 2.24) is 10.2 Å². The molecule has 2 rings (SSSR count). The van der Waals surface area contributed by atoms with E-state index in [1.165, 1.54) is 77.5 Å². The van der Waals surface area contributed by atoms with Crippen LogP contribution in [0.2, 0.25) is 0 Å². The third-order valence-corrected chi connectivity index (χ3v) is 5.26. The van der Waals surface area contributed by atoms with Gasteiger partial charge in [0.25, 0.3) is 0 Å². The summed E-state index contributed by atoms with van der Waals surface area (Å²) in [7, 11) is 0. The van der Waals surface area contributed by atoms with Crippen molar-refractivity contribution in [3.63, 3.8) is 0 Å². The second kappa shape index (κ2) is 9.12. The van der Waals surface area contributed by atoms with Crippen LogP contribution in [0.15, 0.2) is 0 Å². The van der Waals surface area contributed by atoms with Gasteiger partial charge in [-0.05, 0) is 57.5 Å². The molecule has 1 unspecified atom stereocenters. The van der Waals surface area contributed by atoms with Gasteiger partial charge in [0.15, 0.2) is 0 Å². The van der Waals surface area contributed by atoms with E-state index in [0.29, 0.717) is 11.5 Å². The van der Waals surface area contributed by atoms with Crippen LogP contribution in [0.25, 0.3) is 0 Å². The number of hydrogen-bond acceptors (Lipinski definition) is 3. The van der Waals surface area contributed by atoms with Crippen LogP contribution in [0.3, 0.4) is 0 Å². The van der Waals surface area contributed by atoms with Crippen LogP contribution in [-0.2, 0) is 4.74 Å². The minimum absolute atomic E-state index is 0.480. The number of nitrogens with zero attached hydrogens (tertiary/aromatic N) is 1. The van der Waals surface area contributed by atoms with Gasteiger partial charge in [-0.25, -0.2) is 0 Å². The quantitative estimate of drug-likeness (QED) is 0.694. The minimum Gasteiger partial charge on any atom is -0.377 e. The summed E-state index contributed by atoms with van der Waals surface area (Å²) >= 11 is 0. The highest BCUT2D eigenvalue weighted by atomic mass is 16.5. The molecule has 0 amide bonds. The van der Waals surface area contributed by atoms with Crippen molar-refractivity contribution in [3.05, 3.63) is 0 Å². The van der Waals surface area contributed by atoms with E-state index in [0.717, 1.165) is 13.2 Å². The molecule has 0 bridgehead atoms. The lowest BCUT2D eigenvalue weighted by Crippen LogP contribution is -2.49. The fraction of sp³-hybridized carbons (Fsp3) is 1.00. The highest BCUT2D eigenvalue weighted by molar-refractivity contribution is 4.89. The second-order valence-corrected chi connectivity index (χ2v) is 7.19. The Morgan fingerprint density at radius 3 is 2.67 bits per heavy atom. The maximum Gasteiger partial charge on any atom is 0.0702 e. The molecule has 1 N–H and O–H groups in total. The normalized spacial score (nSPS) is 26.9. The number of hydrogen-bond donors (Lipinski definition) is 1. The number of ether oxygens (including phenoxy) is 1. The third-order valence-electron chi connectivity index (χ3n) is 5.26. The first-order valence-corrected chi connectivity index (χ1v) is 9.33. The molecule has 21 heavy (non-hydrogen) atoms. The van der Waals surface area contributed by atoms with Gasteiger partial charge >= 0.3 is 0 Å². The first kappa shape index (κ1) is 17.2. The zero-order valence-electron chi connectivity index (χ0n) is 14.3. The van der Waals surface area contributed by atoms with Gasteiger partial charge in [0.1, 0.15) is 0 Å². The molecule has 2 fully saturated rings. The van der Waals surface area contributed by atoms with E-state index in [1.807, 2.05) is 0 Å². The van der Waals surface area contributed by atoms with Gasteiger partial charge in [-0.15, -0.1) is 0 Å². The van der Waals surface area contributed by atoms with Crippen molar-refractivity contribution in [1.29, 1.82) is 0 Å². The largest absolute Gasteiger partial charge is 0.377 e. The van der Waals surface area contributed by atoms with Gasteiger partial charge in [-0.2, -0.15) is 0 Å². The molecule has 0 aromatic rings. The van der Waals surface area contributed by atoms with E-state index in [-0.39, 0.29) is 0 Å². The van der Waals surface area contributed by atoms with Crippen molar-refractivity contribution < 1.29 is 4.74 Å². The first-order chi connectivity index (χ1) is 10.3. The molecular weight excluding hydrogens is 260 g/mol. The van der Waals surface area contributed by atoms with Crippen molar-refractivity contribution in [2.75, 3.05) is 39.3 Å². The molecule has 3 nitrogen and oxygen atoms in total. The molecular formula is C18H36N2O. The van der Waals surface area contributed by atoms with Crippen LogP contribution in [-0.4, -0.2) is 50.3 Å². The van der Waals surface area contributed by atoms with E-state index in [9.17, 15) is 0 Å². The molecule has 1 atom stereocenters. The molecule has 3 heteroatoms. The highest BCUT2D eigenvalue weighted by Crippen LogP contribution is 2.37. The molecule has 1 aliphatic heterocycles. The average Bonchev–Trinajstić information content (AvgIpc) is 2.49. The molecule has 0 radical (unpaired) electrons. The standard InChI is InChI=1S/C18H36N2O/c1-3-12-19-15-18(10-6-5-7-11-18)16-20-13-8-9-17(14-20)21-4-2/h17,19H,3-16H2,1-2H3. The van der Waals surface area contributed by atoms with E-state index in [4.69, 9.17) is 4.74 Å². The van der Waals surface area contributed by atoms with Gasteiger partial charge in [0, 0.05) is 26.2 Å². The minimum atomic E-state index is 0.480. The Hall–Kier alpha value is -0.120. The third kappa shape index (κ3) is 5.54. The number of nitrogens with one attached hydrogen (secondary N) is 1. The Labute approximate surface area is 131 Å². The smallest absolute Gasteiger partial charge is 0.0702 e. The Morgan fingerprint density at radius 2 is 1.95 bits per heavy atom. The Balaban J connectivity index is 1.87. The molecule has 1 saturated heterocycles.